The summed E-state index contributed by atoms with van der Waals surface area (Å²) in [4.78, 5) is 21.0. The molecule has 0 saturated heterocycles. The van der Waals surface area contributed by atoms with Crippen molar-refractivity contribution in [3.05, 3.63) is 53.2 Å². The number of hydrogen-bond acceptors (Lipinski definition) is 3. The molecule has 0 radical (unpaired) electrons. The zero-order valence-electron chi connectivity index (χ0n) is 15.2. The average Bonchev–Trinajstić information content (AvgIpc) is 3.11. The average molecular weight is 386 g/mol. The van der Waals surface area contributed by atoms with E-state index in [2.05, 4.69) is 15.3 Å². The van der Waals surface area contributed by atoms with Crippen molar-refractivity contribution < 1.29 is 9.53 Å². The summed E-state index contributed by atoms with van der Waals surface area (Å²) in [7, 11) is 5.53. The molecule has 1 amide bonds. The fraction of sp³-hybridized carbons (Fsp3) is 0.158. The Labute approximate surface area is 161 Å². The first-order chi connectivity index (χ1) is 12.9. The van der Waals surface area contributed by atoms with Gasteiger partial charge >= 0.3 is 0 Å². The van der Waals surface area contributed by atoms with Gasteiger partial charge in [0.15, 0.2) is 11.7 Å². The zero-order valence-corrected chi connectivity index (χ0v) is 16.0. The summed E-state index contributed by atoms with van der Waals surface area (Å²) in [6.45, 7) is 0. The van der Waals surface area contributed by atoms with Crippen molar-refractivity contribution in [2.24, 2.45) is 10.7 Å². The SMILES string of the molecule is CNC(N)=NC(=O)c1cc2c(Cl)ccc(Oc3ccc(N(C)C)cc3)c2[nH]1. The summed E-state index contributed by atoms with van der Waals surface area (Å²) in [5.74, 6) is 0.748. The smallest absolute Gasteiger partial charge is 0.296 e. The summed E-state index contributed by atoms with van der Waals surface area (Å²) in [6.07, 6.45) is 0. The van der Waals surface area contributed by atoms with Crippen LogP contribution in [0.3, 0.4) is 0 Å². The van der Waals surface area contributed by atoms with E-state index in [0.717, 1.165) is 5.69 Å². The largest absolute Gasteiger partial charge is 0.455 e. The van der Waals surface area contributed by atoms with Crippen molar-refractivity contribution in [2.45, 2.75) is 0 Å². The van der Waals surface area contributed by atoms with Crippen LogP contribution in [0.1, 0.15) is 10.5 Å². The number of aromatic amines is 1. The van der Waals surface area contributed by atoms with Gasteiger partial charge in [0.2, 0.25) is 0 Å². The van der Waals surface area contributed by atoms with Gasteiger partial charge in [-0.05, 0) is 42.5 Å². The van der Waals surface area contributed by atoms with Crippen molar-refractivity contribution in [2.75, 3.05) is 26.0 Å². The van der Waals surface area contributed by atoms with Crippen molar-refractivity contribution >= 4 is 40.1 Å². The number of ether oxygens (including phenoxy) is 1. The van der Waals surface area contributed by atoms with Crippen LogP contribution in [0.4, 0.5) is 5.69 Å². The molecular formula is C19H20ClN5O2. The van der Waals surface area contributed by atoms with Gasteiger partial charge < -0.3 is 25.7 Å². The van der Waals surface area contributed by atoms with E-state index in [1.807, 2.05) is 43.3 Å². The molecule has 27 heavy (non-hydrogen) atoms. The maximum Gasteiger partial charge on any atom is 0.296 e. The van der Waals surface area contributed by atoms with Gasteiger partial charge in [0.1, 0.15) is 11.4 Å². The number of halogens is 1. The van der Waals surface area contributed by atoms with Gasteiger partial charge in [-0.1, -0.05) is 11.6 Å². The van der Waals surface area contributed by atoms with Crippen LogP contribution in [0, 0.1) is 0 Å². The van der Waals surface area contributed by atoms with E-state index in [9.17, 15) is 4.79 Å². The summed E-state index contributed by atoms with van der Waals surface area (Å²) >= 11 is 6.27. The molecule has 3 aromatic rings. The van der Waals surface area contributed by atoms with Crippen LogP contribution in [0.2, 0.25) is 5.02 Å². The highest BCUT2D eigenvalue weighted by molar-refractivity contribution is 6.35. The molecule has 0 aliphatic carbocycles. The third-order valence-electron chi connectivity index (χ3n) is 3.99. The normalized spacial score (nSPS) is 11.5. The molecule has 1 aromatic heterocycles. The Bertz CT molecular complexity index is 1010. The fourth-order valence-corrected chi connectivity index (χ4v) is 2.74. The van der Waals surface area contributed by atoms with E-state index in [1.54, 1.807) is 25.2 Å². The van der Waals surface area contributed by atoms with Crippen molar-refractivity contribution in [1.29, 1.82) is 0 Å². The second-order valence-corrected chi connectivity index (χ2v) is 6.47. The molecule has 140 valence electrons. The number of hydrogen-bond donors (Lipinski definition) is 3. The number of guanidine groups is 1. The highest BCUT2D eigenvalue weighted by Crippen LogP contribution is 2.35. The topological polar surface area (TPSA) is 95.7 Å². The predicted octanol–water partition coefficient (Wildman–Crippen LogP) is 3.35. The minimum Gasteiger partial charge on any atom is -0.455 e. The lowest BCUT2D eigenvalue weighted by Gasteiger charge is -2.13. The molecular weight excluding hydrogens is 366 g/mol. The number of anilines is 1. The Hall–Kier alpha value is -3.19. The minimum atomic E-state index is -0.504. The first-order valence-corrected chi connectivity index (χ1v) is 8.59. The molecule has 3 rings (SSSR count). The minimum absolute atomic E-state index is 0.0298. The molecule has 8 heteroatoms. The van der Waals surface area contributed by atoms with E-state index >= 15 is 0 Å². The van der Waals surface area contributed by atoms with Gasteiger partial charge in [-0.15, -0.1) is 0 Å². The summed E-state index contributed by atoms with van der Waals surface area (Å²) in [6, 6.07) is 12.8. The molecule has 7 nitrogen and oxygen atoms in total. The van der Waals surface area contributed by atoms with E-state index in [4.69, 9.17) is 22.1 Å². The zero-order chi connectivity index (χ0) is 19.6. The van der Waals surface area contributed by atoms with Crippen LogP contribution in [-0.2, 0) is 0 Å². The number of amides is 1. The highest BCUT2D eigenvalue weighted by atomic mass is 35.5. The molecule has 2 aromatic carbocycles. The summed E-state index contributed by atoms with van der Waals surface area (Å²) in [5.41, 5.74) is 7.50. The maximum atomic E-state index is 12.2. The number of nitrogens with two attached hydrogens (primary N) is 1. The van der Waals surface area contributed by atoms with Crippen LogP contribution in [0.5, 0.6) is 11.5 Å². The van der Waals surface area contributed by atoms with Gasteiger partial charge in [-0.25, -0.2) is 0 Å². The number of rotatable bonds is 4. The quantitative estimate of drug-likeness (QED) is 0.472. The highest BCUT2D eigenvalue weighted by Gasteiger charge is 2.15. The maximum absolute atomic E-state index is 12.2. The molecule has 0 atom stereocenters. The lowest BCUT2D eigenvalue weighted by atomic mass is 10.2. The lowest BCUT2D eigenvalue weighted by Crippen LogP contribution is -2.28. The van der Waals surface area contributed by atoms with Crippen molar-refractivity contribution in [3.8, 4) is 11.5 Å². The van der Waals surface area contributed by atoms with E-state index in [0.29, 0.717) is 27.4 Å². The molecule has 0 spiro atoms. The first kappa shape index (κ1) is 18.6. The Morgan fingerprint density at radius 2 is 1.93 bits per heavy atom. The van der Waals surface area contributed by atoms with Gasteiger partial charge in [0.25, 0.3) is 5.91 Å². The lowest BCUT2D eigenvalue weighted by molar-refractivity contribution is 0.0998. The number of aliphatic imine (C=N–C) groups is 1. The second kappa shape index (κ2) is 7.59. The third kappa shape index (κ3) is 3.98. The molecule has 0 unspecified atom stereocenters. The second-order valence-electron chi connectivity index (χ2n) is 6.06. The van der Waals surface area contributed by atoms with Crippen molar-refractivity contribution in [3.63, 3.8) is 0 Å². The molecule has 0 aliphatic heterocycles. The Morgan fingerprint density at radius 3 is 2.56 bits per heavy atom. The van der Waals surface area contributed by atoms with Gasteiger partial charge in [0, 0.05) is 32.2 Å². The Morgan fingerprint density at radius 1 is 1.22 bits per heavy atom. The first-order valence-electron chi connectivity index (χ1n) is 8.21. The standard InChI is InChI=1S/C19H20ClN5O2/c1-22-19(21)24-18(26)15-10-13-14(20)8-9-16(17(13)23-15)27-12-6-4-11(5-7-12)25(2)3/h4-10,23H,1-3H3,(H3,21,22,24,26). The number of nitrogens with one attached hydrogen (secondary N) is 2. The number of carbonyl (C=O) groups excluding carboxylic acids is 1. The van der Waals surface area contributed by atoms with Crippen LogP contribution < -0.4 is 20.7 Å². The van der Waals surface area contributed by atoms with Crippen LogP contribution in [0.15, 0.2) is 47.5 Å². The van der Waals surface area contributed by atoms with Crippen LogP contribution >= 0.6 is 11.6 Å². The molecule has 0 saturated carbocycles. The van der Waals surface area contributed by atoms with E-state index < -0.39 is 5.91 Å². The van der Waals surface area contributed by atoms with E-state index in [1.165, 1.54) is 0 Å². The molecule has 0 bridgehead atoms. The summed E-state index contributed by atoms with van der Waals surface area (Å²) in [5, 5.41) is 3.77. The third-order valence-corrected chi connectivity index (χ3v) is 4.32. The van der Waals surface area contributed by atoms with Crippen LogP contribution in [0.25, 0.3) is 10.9 Å². The number of fused-ring (bicyclic) bond motifs is 1. The fourth-order valence-electron chi connectivity index (χ4n) is 2.52. The van der Waals surface area contributed by atoms with Crippen LogP contribution in [-0.4, -0.2) is 38.0 Å². The molecule has 1 heterocycles. The molecule has 4 N–H and O–H groups in total. The Balaban J connectivity index is 1.96. The summed E-state index contributed by atoms with van der Waals surface area (Å²) < 4.78 is 5.98. The van der Waals surface area contributed by atoms with Gasteiger partial charge in [-0.3, -0.25) is 4.79 Å². The molecule has 0 aliphatic rings. The number of carbonyl (C=O) groups is 1. The van der Waals surface area contributed by atoms with E-state index in [-0.39, 0.29) is 11.7 Å². The number of nitrogens with zero attached hydrogens (tertiary/aromatic N) is 2. The van der Waals surface area contributed by atoms with Crippen molar-refractivity contribution in [1.82, 2.24) is 10.3 Å². The van der Waals surface area contributed by atoms with Gasteiger partial charge in [-0.2, -0.15) is 4.99 Å². The number of aromatic nitrogens is 1. The predicted molar refractivity (Wildman–Crippen MR) is 109 cm³/mol. The number of benzene rings is 2. The monoisotopic (exact) mass is 385 g/mol. The Kier molecular flexibility index (Phi) is 5.23. The molecule has 0 fully saturated rings. The van der Waals surface area contributed by atoms with Gasteiger partial charge in [0.05, 0.1) is 10.5 Å². The number of H-pyrrole nitrogens is 1.